The molecule has 5 rings (SSSR count). The summed E-state index contributed by atoms with van der Waals surface area (Å²) in [7, 11) is 0. The minimum Gasteiger partial charge on any atom is -0.486 e. The number of nitrogens with one attached hydrogen (secondary N) is 1. The molecule has 0 aliphatic carbocycles. The fourth-order valence-corrected chi connectivity index (χ4v) is 3.59. The Balaban J connectivity index is 1.11. The molecule has 0 saturated carbocycles. The molecule has 5 aromatic rings. The highest BCUT2D eigenvalue weighted by Gasteiger charge is 2.12. The second-order valence-corrected chi connectivity index (χ2v) is 7.47. The average molecular weight is 426 g/mol. The third-order valence-corrected chi connectivity index (χ3v) is 5.23. The maximum Gasteiger partial charge on any atom is 0.286 e. The highest BCUT2D eigenvalue weighted by molar-refractivity contribution is 5.91. The van der Waals surface area contributed by atoms with E-state index in [2.05, 4.69) is 21.6 Å². The molecular formula is C25H22N4O3. The summed E-state index contributed by atoms with van der Waals surface area (Å²) in [5, 5.41) is 13.5. The number of fused-ring (bicyclic) bond motifs is 2. The van der Waals surface area contributed by atoms with Crippen molar-refractivity contribution >= 4 is 22.3 Å². The van der Waals surface area contributed by atoms with Gasteiger partial charge in [0.05, 0.1) is 0 Å². The number of aromatic nitrogens is 3. The van der Waals surface area contributed by atoms with Crippen molar-refractivity contribution < 1.29 is 13.9 Å². The van der Waals surface area contributed by atoms with Gasteiger partial charge in [-0.1, -0.05) is 36.4 Å². The van der Waals surface area contributed by atoms with Gasteiger partial charge in [-0.3, -0.25) is 9.20 Å². The summed E-state index contributed by atoms with van der Waals surface area (Å²) in [5.74, 6) is 2.26. The Morgan fingerprint density at radius 1 is 0.969 bits per heavy atom. The molecule has 7 nitrogen and oxygen atoms in total. The van der Waals surface area contributed by atoms with Crippen LogP contribution < -0.4 is 10.1 Å². The van der Waals surface area contributed by atoms with Crippen LogP contribution in [0.1, 0.15) is 28.6 Å². The average Bonchev–Trinajstić information content (AvgIpc) is 3.48. The lowest BCUT2D eigenvalue weighted by Gasteiger charge is -2.06. The van der Waals surface area contributed by atoms with Gasteiger partial charge in [-0.2, -0.15) is 0 Å². The minimum absolute atomic E-state index is 0.243. The molecule has 160 valence electrons. The zero-order valence-corrected chi connectivity index (χ0v) is 17.4. The van der Waals surface area contributed by atoms with Crippen LogP contribution in [0, 0.1) is 0 Å². The third-order valence-electron chi connectivity index (χ3n) is 5.23. The Kier molecular flexibility index (Phi) is 5.53. The van der Waals surface area contributed by atoms with Crippen LogP contribution in [0.5, 0.6) is 5.75 Å². The van der Waals surface area contributed by atoms with E-state index in [4.69, 9.17) is 9.15 Å². The van der Waals surface area contributed by atoms with Crippen LogP contribution in [-0.4, -0.2) is 27.0 Å². The van der Waals surface area contributed by atoms with Gasteiger partial charge in [0.25, 0.3) is 5.91 Å². The molecule has 32 heavy (non-hydrogen) atoms. The van der Waals surface area contributed by atoms with Crippen LogP contribution in [0.15, 0.2) is 83.4 Å². The normalized spacial score (nSPS) is 11.1. The number of nitrogens with zero attached hydrogens (tertiary/aromatic N) is 3. The predicted octanol–water partition coefficient (Wildman–Crippen LogP) is 4.42. The van der Waals surface area contributed by atoms with Gasteiger partial charge in [-0.15, -0.1) is 10.2 Å². The fraction of sp³-hybridized carbons (Fsp3) is 0.160. The molecule has 0 aliphatic rings. The van der Waals surface area contributed by atoms with E-state index >= 15 is 0 Å². The zero-order chi connectivity index (χ0) is 21.8. The summed E-state index contributed by atoms with van der Waals surface area (Å²) in [4.78, 5) is 12.4. The standard InChI is InChI=1S/C25H22N4O3/c30-25(26-14-5-9-24-28-27-23-8-3-4-15-29(23)24)22-13-12-21(32-22)17-31-20-11-10-18-6-1-2-7-19(18)16-20/h1-4,6-8,10-13,15-16H,5,9,14,17H2,(H,26,30). The molecule has 0 unspecified atom stereocenters. The monoisotopic (exact) mass is 426 g/mol. The number of rotatable bonds is 8. The maximum atomic E-state index is 12.4. The number of hydrogen-bond acceptors (Lipinski definition) is 5. The summed E-state index contributed by atoms with van der Waals surface area (Å²) in [6.45, 7) is 0.774. The molecule has 7 heteroatoms. The first kappa shape index (κ1) is 19.8. The highest BCUT2D eigenvalue weighted by Crippen LogP contribution is 2.21. The zero-order valence-electron chi connectivity index (χ0n) is 17.4. The number of aryl methyl sites for hydroxylation is 1. The first-order valence-electron chi connectivity index (χ1n) is 10.5. The second kappa shape index (κ2) is 8.93. The minimum atomic E-state index is -0.243. The van der Waals surface area contributed by atoms with Crippen LogP contribution in [0.2, 0.25) is 0 Å². The molecule has 3 heterocycles. The molecule has 2 aromatic carbocycles. The SMILES string of the molecule is O=C(NCCCc1nnc2ccccn12)c1ccc(COc2ccc3ccccc3c2)o1. The molecule has 1 N–H and O–H groups in total. The summed E-state index contributed by atoms with van der Waals surface area (Å²) in [6.07, 6.45) is 3.40. The van der Waals surface area contributed by atoms with Gasteiger partial charge in [0.2, 0.25) is 0 Å². The van der Waals surface area contributed by atoms with Crippen molar-refractivity contribution in [2.75, 3.05) is 6.54 Å². The van der Waals surface area contributed by atoms with Crippen LogP contribution in [0.3, 0.4) is 0 Å². The van der Waals surface area contributed by atoms with E-state index in [1.165, 1.54) is 0 Å². The van der Waals surface area contributed by atoms with E-state index in [1.807, 2.05) is 65.2 Å². The summed E-state index contributed by atoms with van der Waals surface area (Å²) in [6, 6.07) is 23.3. The molecular weight excluding hydrogens is 404 g/mol. The number of furan rings is 1. The summed E-state index contributed by atoms with van der Waals surface area (Å²) >= 11 is 0. The van der Waals surface area contributed by atoms with Crippen LogP contribution in [0.4, 0.5) is 0 Å². The topological polar surface area (TPSA) is 81.7 Å². The van der Waals surface area contributed by atoms with Crippen LogP contribution >= 0.6 is 0 Å². The maximum absolute atomic E-state index is 12.4. The van der Waals surface area contributed by atoms with E-state index in [9.17, 15) is 4.79 Å². The van der Waals surface area contributed by atoms with Crippen LogP contribution in [0.25, 0.3) is 16.4 Å². The molecule has 0 bridgehead atoms. The smallest absolute Gasteiger partial charge is 0.286 e. The Morgan fingerprint density at radius 3 is 2.78 bits per heavy atom. The first-order valence-corrected chi connectivity index (χ1v) is 10.5. The largest absolute Gasteiger partial charge is 0.486 e. The Bertz CT molecular complexity index is 1370. The van der Waals surface area contributed by atoms with Gasteiger partial charge < -0.3 is 14.5 Å². The van der Waals surface area contributed by atoms with Crippen molar-refractivity contribution in [1.29, 1.82) is 0 Å². The Hall–Kier alpha value is -4.13. The van der Waals surface area contributed by atoms with Crippen molar-refractivity contribution in [3.8, 4) is 5.75 Å². The van der Waals surface area contributed by atoms with Gasteiger partial charge in [-0.25, -0.2) is 0 Å². The number of ether oxygens (including phenoxy) is 1. The molecule has 0 aliphatic heterocycles. The first-order chi connectivity index (χ1) is 15.8. The number of hydrogen-bond donors (Lipinski definition) is 1. The lowest BCUT2D eigenvalue weighted by molar-refractivity contribution is 0.0921. The van der Waals surface area contributed by atoms with Gasteiger partial charge >= 0.3 is 0 Å². The number of pyridine rings is 1. The van der Waals surface area contributed by atoms with Gasteiger partial charge in [0.1, 0.15) is 23.9 Å². The van der Waals surface area contributed by atoms with E-state index in [-0.39, 0.29) is 18.3 Å². The van der Waals surface area contributed by atoms with E-state index < -0.39 is 0 Å². The van der Waals surface area contributed by atoms with Gasteiger partial charge in [0.15, 0.2) is 11.4 Å². The molecule has 3 aromatic heterocycles. The van der Waals surface area contributed by atoms with Crippen LogP contribution in [-0.2, 0) is 13.0 Å². The van der Waals surface area contributed by atoms with E-state index in [0.29, 0.717) is 18.7 Å². The molecule has 0 fully saturated rings. The van der Waals surface area contributed by atoms with E-state index in [0.717, 1.165) is 34.4 Å². The lowest BCUT2D eigenvalue weighted by atomic mass is 10.1. The number of amides is 1. The second-order valence-electron chi connectivity index (χ2n) is 7.47. The molecule has 0 spiro atoms. The van der Waals surface area contributed by atoms with Crippen molar-refractivity contribution in [3.63, 3.8) is 0 Å². The molecule has 0 radical (unpaired) electrons. The predicted molar refractivity (Wildman–Crippen MR) is 121 cm³/mol. The number of carbonyl (C=O) groups excluding carboxylic acids is 1. The summed E-state index contributed by atoms with van der Waals surface area (Å²) < 4.78 is 13.4. The van der Waals surface area contributed by atoms with Crippen molar-refractivity contribution in [2.24, 2.45) is 0 Å². The van der Waals surface area contributed by atoms with E-state index in [1.54, 1.807) is 12.1 Å². The Morgan fingerprint density at radius 2 is 1.84 bits per heavy atom. The highest BCUT2D eigenvalue weighted by atomic mass is 16.5. The van der Waals surface area contributed by atoms with Crippen molar-refractivity contribution in [1.82, 2.24) is 19.9 Å². The molecule has 1 amide bonds. The summed E-state index contributed by atoms with van der Waals surface area (Å²) in [5.41, 5.74) is 0.820. The molecule has 0 saturated heterocycles. The lowest BCUT2D eigenvalue weighted by Crippen LogP contribution is -2.24. The Labute approximate surface area is 184 Å². The third kappa shape index (κ3) is 4.32. The van der Waals surface area contributed by atoms with Gasteiger partial charge in [0, 0.05) is 19.2 Å². The quantitative estimate of drug-likeness (QED) is 0.372. The van der Waals surface area contributed by atoms with Crippen molar-refractivity contribution in [3.05, 3.63) is 96.3 Å². The number of carbonyl (C=O) groups is 1. The van der Waals surface area contributed by atoms with Crippen molar-refractivity contribution in [2.45, 2.75) is 19.4 Å². The van der Waals surface area contributed by atoms with Gasteiger partial charge in [-0.05, 0) is 53.6 Å². The fourth-order valence-electron chi connectivity index (χ4n) is 3.59. The number of benzene rings is 2. The molecule has 0 atom stereocenters.